The van der Waals surface area contributed by atoms with E-state index in [1.54, 1.807) is 54.6 Å². The zero-order chi connectivity index (χ0) is 31.8. The molecule has 1 atom stereocenters. The molecule has 0 fully saturated rings. The number of hydrogen-bond acceptors (Lipinski definition) is 8. The molecule has 6 rings (SSSR count). The van der Waals surface area contributed by atoms with E-state index in [0.29, 0.717) is 45.1 Å². The summed E-state index contributed by atoms with van der Waals surface area (Å²) in [6, 6.07) is 22.6. The Morgan fingerprint density at radius 1 is 1.00 bits per heavy atom. The molecule has 1 aliphatic heterocycles. The van der Waals surface area contributed by atoms with Gasteiger partial charge in [-0.3, -0.25) is 0 Å². The quantitative estimate of drug-likeness (QED) is 0.150. The Bertz CT molecular complexity index is 2060. The first-order valence-corrected chi connectivity index (χ1v) is 14.2. The topological polar surface area (TPSA) is 117 Å². The number of hydrogen-bond donors (Lipinski definition) is 1. The van der Waals surface area contributed by atoms with Crippen molar-refractivity contribution in [1.29, 1.82) is 5.26 Å². The number of nitrogens with two attached hydrogens (primary N) is 1. The van der Waals surface area contributed by atoms with Crippen LogP contribution >= 0.6 is 0 Å². The van der Waals surface area contributed by atoms with Gasteiger partial charge in [0.1, 0.15) is 41.1 Å². The minimum atomic E-state index is -0.648. The minimum Gasteiger partial charge on any atom is -0.493 e. The number of methoxy groups -OCH3 is 1. The van der Waals surface area contributed by atoms with Gasteiger partial charge >= 0.3 is 5.97 Å². The first-order valence-electron chi connectivity index (χ1n) is 14.2. The number of rotatable bonds is 7. The van der Waals surface area contributed by atoms with Crippen molar-refractivity contribution in [1.82, 2.24) is 0 Å². The van der Waals surface area contributed by atoms with Gasteiger partial charge in [0, 0.05) is 28.1 Å². The predicted molar refractivity (Wildman–Crippen MR) is 165 cm³/mol. The number of fused-ring (bicyclic) bond motifs is 2. The van der Waals surface area contributed by atoms with Crippen molar-refractivity contribution in [2.75, 3.05) is 7.11 Å². The summed E-state index contributed by atoms with van der Waals surface area (Å²) < 4.78 is 43.0. The number of carbonyl (C=O) groups excluding carboxylic acids is 1. The summed E-state index contributed by atoms with van der Waals surface area (Å²) >= 11 is 0. The van der Waals surface area contributed by atoms with E-state index in [1.807, 2.05) is 32.9 Å². The van der Waals surface area contributed by atoms with E-state index in [-0.39, 0.29) is 35.4 Å². The largest absolute Gasteiger partial charge is 0.493 e. The molecule has 45 heavy (non-hydrogen) atoms. The van der Waals surface area contributed by atoms with Crippen molar-refractivity contribution >= 4 is 16.9 Å². The summed E-state index contributed by atoms with van der Waals surface area (Å²) in [4.78, 5) is 13.2. The van der Waals surface area contributed by atoms with Crippen molar-refractivity contribution in [3.63, 3.8) is 0 Å². The van der Waals surface area contributed by atoms with Crippen molar-refractivity contribution in [3.05, 3.63) is 129 Å². The lowest BCUT2D eigenvalue weighted by Crippen LogP contribution is -2.21. The summed E-state index contributed by atoms with van der Waals surface area (Å²) in [6.07, 6.45) is 0. The third-order valence-electron chi connectivity index (χ3n) is 8.07. The number of ether oxygens (including phenoxy) is 4. The first kappa shape index (κ1) is 29.3. The van der Waals surface area contributed by atoms with E-state index in [0.717, 1.165) is 16.5 Å². The Morgan fingerprint density at radius 3 is 2.56 bits per heavy atom. The number of halogens is 1. The first-order chi connectivity index (χ1) is 21.7. The Balaban J connectivity index is 1.29. The highest BCUT2D eigenvalue weighted by molar-refractivity contribution is 5.98. The maximum atomic E-state index is 14.1. The van der Waals surface area contributed by atoms with Crippen molar-refractivity contribution in [2.45, 2.75) is 33.3 Å². The van der Waals surface area contributed by atoms with E-state index in [9.17, 15) is 14.4 Å². The lowest BCUT2D eigenvalue weighted by molar-refractivity contribution is 0.0702. The molecule has 5 aromatic rings. The van der Waals surface area contributed by atoms with Gasteiger partial charge in [0.2, 0.25) is 11.6 Å². The van der Waals surface area contributed by atoms with Crippen molar-refractivity contribution in [3.8, 4) is 29.1 Å². The van der Waals surface area contributed by atoms with Crippen LogP contribution in [0.2, 0.25) is 0 Å². The summed E-state index contributed by atoms with van der Waals surface area (Å²) in [6.45, 7) is 5.75. The Labute approximate surface area is 259 Å². The average molecular weight is 605 g/mol. The van der Waals surface area contributed by atoms with Gasteiger partial charge < -0.3 is 29.1 Å². The fourth-order valence-corrected chi connectivity index (χ4v) is 5.46. The zero-order valence-corrected chi connectivity index (χ0v) is 25.1. The lowest BCUT2D eigenvalue weighted by atomic mass is 9.83. The Hall–Kier alpha value is -5.75. The second-order valence-corrected chi connectivity index (χ2v) is 10.7. The number of carbonyl (C=O) groups is 1. The summed E-state index contributed by atoms with van der Waals surface area (Å²) in [5.41, 5.74) is 11.5. The minimum absolute atomic E-state index is 0.00702. The molecular weight excluding hydrogens is 575 g/mol. The lowest BCUT2D eigenvalue weighted by Gasteiger charge is -2.27. The second kappa shape index (κ2) is 11.7. The second-order valence-electron chi connectivity index (χ2n) is 10.7. The van der Waals surface area contributed by atoms with Crippen LogP contribution in [0, 0.1) is 37.9 Å². The fourth-order valence-electron chi connectivity index (χ4n) is 5.46. The molecule has 2 N–H and O–H groups in total. The molecule has 1 aromatic heterocycles. The van der Waals surface area contributed by atoms with Crippen LogP contribution in [-0.2, 0) is 6.61 Å². The average Bonchev–Trinajstić information content (AvgIpc) is 3.38. The molecule has 4 aromatic carbocycles. The van der Waals surface area contributed by atoms with Gasteiger partial charge in [0.15, 0.2) is 11.5 Å². The number of benzene rings is 4. The normalized spacial score (nSPS) is 14.0. The molecule has 9 heteroatoms. The van der Waals surface area contributed by atoms with Gasteiger partial charge in [-0.1, -0.05) is 42.5 Å². The Kier molecular flexibility index (Phi) is 7.65. The van der Waals surface area contributed by atoms with Crippen LogP contribution in [0.25, 0.3) is 11.0 Å². The number of esters is 1. The van der Waals surface area contributed by atoms with Gasteiger partial charge in [-0.15, -0.1) is 0 Å². The van der Waals surface area contributed by atoms with Gasteiger partial charge in [0.05, 0.1) is 13.0 Å². The third-order valence-corrected chi connectivity index (χ3v) is 8.07. The molecule has 0 radical (unpaired) electrons. The number of nitriles is 1. The Morgan fingerprint density at radius 2 is 1.80 bits per heavy atom. The molecule has 0 saturated heterocycles. The van der Waals surface area contributed by atoms with Crippen LogP contribution in [0.1, 0.15) is 49.9 Å². The summed E-state index contributed by atoms with van der Waals surface area (Å²) in [7, 11) is 1.50. The van der Waals surface area contributed by atoms with Gasteiger partial charge in [0.25, 0.3) is 0 Å². The molecule has 8 nitrogen and oxygen atoms in total. The molecule has 226 valence electrons. The summed E-state index contributed by atoms with van der Waals surface area (Å²) in [5, 5.41) is 10.9. The number of furan rings is 1. The molecule has 0 aliphatic carbocycles. The predicted octanol–water partition coefficient (Wildman–Crippen LogP) is 7.52. The third kappa shape index (κ3) is 5.31. The van der Waals surface area contributed by atoms with Crippen molar-refractivity contribution < 1.29 is 32.5 Å². The van der Waals surface area contributed by atoms with E-state index >= 15 is 0 Å². The number of aryl methyl sites for hydroxylation is 3. The molecular formula is C36H29FN2O6. The molecule has 0 spiro atoms. The smallest absolute Gasteiger partial charge is 0.379 e. The highest BCUT2D eigenvalue weighted by Gasteiger charge is 2.32. The highest BCUT2D eigenvalue weighted by atomic mass is 19.1. The molecule has 0 amide bonds. The molecule has 0 saturated carbocycles. The van der Waals surface area contributed by atoms with E-state index in [1.165, 1.54) is 13.2 Å². The number of nitrogens with zero attached hydrogens (tertiary/aromatic N) is 1. The van der Waals surface area contributed by atoms with Crippen LogP contribution in [-0.4, -0.2) is 13.1 Å². The molecule has 1 aliphatic rings. The van der Waals surface area contributed by atoms with E-state index in [4.69, 9.17) is 29.1 Å². The van der Waals surface area contributed by atoms with E-state index < -0.39 is 11.9 Å². The van der Waals surface area contributed by atoms with Crippen molar-refractivity contribution in [2.24, 2.45) is 5.73 Å². The molecule has 0 bridgehead atoms. The van der Waals surface area contributed by atoms with Crippen LogP contribution in [0.3, 0.4) is 0 Å². The molecule has 2 heterocycles. The monoisotopic (exact) mass is 604 g/mol. The standard InChI is InChI=1S/C36H29FN2O6/c1-19-9-12-25-21(3)34(45-33(25)20(19)2)36(40)43-24-11-13-26-30(16-24)44-35(39)27(17-38)32(26)22-10-14-29(31(15-22)41-4)42-18-23-7-5-6-8-28(23)37/h5-16,32H,18,39H2,1-4H3. The zero-order valence-electron chi connectivity index (χ0n) is 25.1. The molecule has 1 unspecified atom stereocenters. The van der Waals surface area contributed by atoms with Gasteiger partial charge in [-0.05, 0) is 61.7 Å². The maximum Gasteiger partial charge on any atom is 0.379 e. The van der Waals surface area contributed by atoms with Crippen LogP contribution in [0.15, 0.2) is 88.7 Å². The fraction of sp³-hybridized carbons (Fsp3) is 0.167. The van der Waals surface area contributed by atoms with Crippen LogP contribution in [0.5, 0.6) is 23.0 Å². The highest BCUT2D eigenvalue weighted by Crippen LogP contribution is 2.45. The van der Waals surface area contributed by atoms with Crippen LogP contribution < -0.4 is 24.7 Å². The van der Waals surface area contributed by atoms with E-state index in [2.05, 4.69) is 6.07 Å². The van der Waals surface area contributed by atoms with Gasteiger partial charge in [-0.2, -0.15) is 5.26 Å². The number of allylic oxidation sites excluding steroid dienone is 1. The van der Waals surface area contributed by atoms with Gasteiger partial charge in [-0.25, -0.2) is 9.18 Å². The SMILES string of the molecule is COc1cc(C2C(C#N)=C(N)Oc3cc(OC(=O)c4oc5c(C)c(C)ccc5c4C)ccc32)ccc1OCc1ccccc1F. The van der Waals surface area contributed by atoms with Crippen LogP contribution in [0.4, 0.5) is 4.39 Å². The maximum absolute atomic E-state index is 14.1. The summed E-state index contributed by atoms with van der Waals surface area (Å²) in [5.74, 6) is -0.241.